The van der Waals surface area contributed by atoms with E-state index in [4.69, 9.17) is 0 Å². The Labute approximate surface area is 62.2 Å². The first kappa shape index (κ1) is 7.38. The predicted octanol–water partition coefficient (Wildman–Crippen LogP) is 0.515. The molecule has 1 rings (SSSR count). The lowest BCUT2D eigenvalue weighted by Gasteiger charge is -2.27. The minimum absolute atomic E-state index is 0.663. The molecule has 1 atom stereocenters. The van der Waals surface area contributed by atoms with Crippen LogP contribution in [0.15, 0.2) is 0 Å². The molecule has 3 heteroatoms. The summed E-state index contributed by atoms with van der Waals surface area (Å²) >= 11 is 4.27. The topological polar surface area (TPSA) is 15.3 Å². The van der Waals surface area contributed by atoms with E-state index in [1.54, 1.807) is 0 Å². The van der Waals surface area contributed by atoms with Gasteiger partial charge in [-0.1, -0.05) is 12.8 Å². The number of piperidine rings is 1. The van der Waals surface area contributed by atoms with Crippen LogP contribution in [0.2, 0.25) is 0 Å². The molecule has 1 unspecified atom stereocenters. The number of likely N-dealkylation sites (N-methyl/N-ethyl adjacent to an activating group) is 1. The fraction of sp³-hybridized carbons (Fsp3) is 1.00. The Morgan fingerprint density at radius 1 is 1.67 bits per heavy atom. The molecule has 0 aliphatic carbocycles. The first-order valence-electron chi connectivity index (χ1n) is 3.44. The lowest BCUT2D eigenvalue weighted by molar-refractivity contribution is 0.317. The van der Waals surface area contributed by atoms with Crippen molar-refractivity contribution >= 4 is 12.8 Å². The van der Waals surface area contributed by atoms with Crippen molar-refractivity contribution in [3.8, 4) is 0 Å². The third-order valence-electron chi connectivity index (χ3n) is 1.81. The second-order valence-electron chi connectivity index (χ2n) is 2.54. The molecule has 1 heterocycles. The first-order chi connectivity index (χ1) is 4.33. The molecule has 1 aliphatic rings. The van der Waals surface area contributed by atoms with Crippen molar-refractivity contribution in [3.05, 3.63) is 0 Å². The van der Waals surface area contributed by atoms with Gasteiger partial charge in [-0.2, -0.15) is 0 Å². The van der Waals surface area contributed by atoms with E-state index in [-0.39, 0.29) is 0 Å². The first-order valence-corrected chi connectivity index (χ1v) is 3.84. The summed E-state index contributed by atoms with van der Waals surface area (Å²) < 4.78 is 2.07. The average molecular weight is 146 g/mol. The number of nitrogens with one attached hydrogen (secondary N) is 1. The monoisotopic (exact) mass is 146 g/mol. The van der Waals surface area contributed by atoms with Gasteiger partial charge in [0.2, 0.25) is 0 Å². The summed E-state index contributed by atoms with van der Waals surface area (Å²) in [6.45, 7) is 2.22. The van der Waals surface area contributed by atoms with Gasteiger partial charge < -0.3 is 5.32 Å². The van der Waals surface area contributed by atoms with Crippen LogP contribution in [0.1, 0.15) is 12.8 Å². The van der Waals surface area contributed by atoms with E-state index in [0.29, 0.717) is 6.04 Å². The summed E-state index contributed by atoms with van der Waals surface area (Å²) in [4.78, 5) is 0. The van der Waals surface area contributed by atoms with Crippen LogP contribution < -0.4 is 5.32 Å². The zero-order valence-corrected chi connectivity index (χ0v) is 6.69. The normalized spacial score (nSPS) is 30.7. The van der Waals surface area contributed by atoms with Crippen molar-refractivity contribution in [2.75, 3.05) is 20.1 Å². The number of thiol groups is 1. The number of hydrogen-bond acceptors (Lipinski definition) is 3. The Balaban J connectivity index is 2.23. The highest BCUT2D eigenvalue weighted by molar-refractivity contribution is 7.77. The maximum atomic E-state index is 4.27. The van der Waals surface area contributed by atoms with Gasteiger partial charge in [0.25, 0.3) is 0 Å². The fourth-order valence-electron chi connectivity index (χ4n) is 1.19. The summed E-state index contributed by atoms with van der Waals surface area (Å²) in [5.74, 6) is 0. The van der Waals surface area contributed by atoms with E-state index < -0.39 is 0 Å². The molecule has 1 aliphatic heterocycles. The van der Waals surface area contributed by atoms with Crippen LogP contribution in [-0.4, -0.2) is 30.5 Å². The van der Waals surface area contributed by atoms with E-state index in [1.807, 2.05) is 7.05 Å². The van der Waals surface area contributed by atoms with Crippen LogP contribution in [-0.2, 0) is 0 Å². The van der Waals surface area contributed by atoms with E-state index in [0.717, 1.165) is 13.1 Å². The number of nitrogens with zero attached hydrogens (tertiary/aromatic N) is 1. The largest absolute Gasteiger partial charge is 0.316 e. The van der Waals surface area contributed by atoms with Crippen LogP contribution in [0.25, 0.3) is 0 Å². The van der Waals surface area contributed by atoms with Crippen molar-refractivity contribution in [3.63, 3.8) is 0 Å². The molecular formula is C6H14N2S. The maximum Gasteiger partial charge on any atom is 0.0241 e. The molecule has 0 saturated carbocycles. The number of hydrogen-bond donors (Lipinski definition) is 2. The fourth-order valence-corrected chi connectivity index (χ4v) is 1.53. The molecule has 0 spiro atoms. The Morgan fingerprint density at radius 3 is 2.89 bits per heavy atom. The van der Waals surface area contributed by atoms with Gasteiger partial charge in [0.05, 0.1) is 0 Å². The van der Waals surface area contributed by atoms with Crippen LogP contribution in [0.4, 0.5) is 0 Å². The molecule has 0 aromatic heterocycles. The van der Waals surface area contributed by atoms with Gasteiger partial charge in [0, 0.05) is 19.1 Å². The molecule has 0 bridgehead atoms. The Hall–Kier alpha value is 0.270. The molecule has 54 valence electrons. The van der Waals surface area contributed by atoms with Crippen molar-refractivity contribution in [1.29, 1.82) is 0 Å². The van der Waals surface area contributed by atoms with Crippen LogP contribution in [0.3, 0.4) is 0 Å². The molecule has 0 radical (unpaired) electrons. The number of rotatable bonds is 1. The summed E-state index contributed by atoms with van der Waals surface area (Å²) in [6, 6.07) is 0.663. The Bertz CT molecular complexity index is 87.1. The highest BCUT2D eigenvalue weighted by Gasteiger charge is 2.14. The minimum Gasteiger partial charge on any atom is -0.316 e. The highest BCUT2D eigenvalue weighted by Crippen LogP contribution is 2.10. The van der Waals surface area contributed by atoms with Gasteiger partial charge in [0.1, 0.15) is 0 Å². The van der Waals surface area contributed by atoms with E-state index in [9.17, 15) is 0 Å². The SMILES string of the molecule is CNC1CCCN(S)C1. The minimum atomic E-state index is 0.663. The van der Waals surface area contributed by atoms with E-state index in [1.165, 1.54) is 12.8 Å². The molecule has 0 amide bonds. The summed E-state index contributed by atoms with van der Waals surface area (Å²) in [6.07, 6.45) is 2.57. The van der Waals surface area contributed by atoms with Crippen molar-refractivity contribution in [2.45, 2.75) is 18.9 Å². The van der Waals surface area contributed by atoms with Gasteiger partial charge in [-0.25, -0.2) is 0 Å². The molecular weight excluding hydrogens is 132 g/mol. The zero-order valence-electron chi connectivity index (χ0n) is 5.80. The van der Waals surface area contributed by atoms with Crippen molar-refractivity contribution in [2.24, 2.45) is 0 Å². The van der Waals surface area contributed by atoms with Crippen LogP contribution in [0, 0.1) is 0 Å². The molecule has 1 fully saturated rings. The van der Waals surface area contributed by atoms with Gasteiger partial charge in [-0.05, 0) is 19.9 Å². The van der Waals surface area contributed by atoms with Crippen molar-refractivity contribution < 1.29 is 0 Å². The predicted molar refractivity (Wildman–Crippen MR) is 42.6 cm³/mol. The van der Waals surface area contributed by atoms with E-state index in [2.05, 4.69) is 22.4 Å². The molecule has 2 nitrogen and oxygen atoms in total. The Kier molecular flexibility index (Phi) is 2.82. The third-order valence-corrected chi connectivity index (χ3v) is 2.17. The lowest BCUT2D eigenvalue weighted by Crippen LogP contribution is -2.40. The zero-order chi connectivity index (χ0) is 6.69. The molecule has 1 N–H and O–H groups in total. The summed E-state index contributed by atoms with van der Waals surface area (Å²) in [5.41, 5.74) is 0. The van der Waals surface area contributed by atoms with Crippen molar-refractivity contribution in [1.82, 2.24) is 9.62 Å². The van der Waals surface area contributed by atoms with Gasteiger partial charge in [0.15, 0.2) is 0 Å². The standard InChI is InChI=1S/C6H14N2S/c1-7-6-3-2-4-8(9)5-6/h6-7,9H,2-5H2,1H3. The summed E-state index contributed by atoms with van der Waals surface area (Å²) in [5, 5.41) is 3.24. The van der Waals surface area contributed by atoms with Crippen LogP contribution in [0.5, 0.6) is 0 Å². The molecule has 0 aromatic rings. The highest BCUT2D eigenvalue weighted by atomic mass is 32.1. The average Bonchev–Trinajstić information content (AvgIpc) is 1.88. The summed E-state index contributed by atoms with van der Waals surface area (Å²) in [7, 11) is 2.01. The third kappa shape index (κ3) is 2.16. The molecule has 0 aromatic carbocycles. The van der Waals surface area contributed by atoms with Gasteiger partial charge in [-0.15, -0.1) is 0 Å². The molecule has 1 saturated heterocycles. The van der Waals surface area contributed by atoms with Crippen LogP contribution >= 0.6 is 12.8 Å². The molecule has 9 heavy (non-hydrogen) atoms. The Morgan fingerprint density at radius 2 is 2.44 bits per heavy atom. The maximum absolute atomic E-state index is 4.27. The lowest BCUT2D eigenvalue weighted by atomic mass is 10.1. The smallest absolute Gasteiger partial charge is 0.0241 e. The van der Waals surface area contributed by atoms with Gasteiger partial charge >= 0.3 is 0 Å². The van der Waals surface area contributed by atoms with E-state index >= 15 is 0 Å². The quantitative estimate of drug-likeness (QED) is 0.524. The second kappa shape index (κ2) is 3.44. The second-order valence-corrected chi connectivity index (χ2v) is 3.11. The van der Waals surface area contributed by atoms with Gasteiger partial charge in [-0.3, -0.25) is 4.31 Å².